The molecule has 61 heavy (non-hydrogen) atoms. The maximum Gasteiger partial charge on any atom is 0.123 e. The Balaban J connectivity index is 1.11. The van der Waals surface area contributed by atoms with Crippen molar-refractivity contribution in [3.63, 3.8) is 0 Å². The van der Waals surface area contributed by atoms with E-state index in [0.29, 0.717) is 68.0 Å². The Bertz CT molecular complexity index is 2160. The van der Waals surface area contributed by atoms with E-state index in [1.807, 2.05) is 91.0 Å². The molecule has 0 fully saturated rings. The van der Waals surface area contributed by atoms with Gasteiger partial charge in [0.25, 0.3) is 0 Å². The number of aryl methyl sites for hydroxylation is 1. The summed E-state index contributed by atoms with van der Waals surface area (Å²) >= 11 is 7.21. The zero-order valence-corrected chi connectivity index (χ0v) is 38.7. The molecule has 0 aliphatic rings. The summed E-state index contributed by atoms with van der Waals surface area (Å²) in [7, 11) is 0. The molecule has 320 valence electrons. The fourth-order valence-corrected chi connectivity index (χ4v) is 7.67. The third-order valence-electron chi connectivity index (χ3n) is 10.1. The van der Waals surface area contributed by atoms with Crippen molar-refractivity contribution in [3.8, 4) is 34.5 Å². The molecule has 6 rings (SSSR count). The first kappa shape index (κ1) is 45.6. The fraction of sp³-hybridized carbons (Fsp3) is 0.321. The van der Waals surface area contributed by atoms with Crippen LogP contribution in [0.4, 0.5) is 0 Å². The van der Waals surface area contributed by atoms with Gasteiger partial charge in [-0.05, 0) is 95.3 Å². The number of rotatable bonds is 26. The van der Waals surface area contributed by atoms with Gasteiger partial charge < -0.3 is 28.4 Å². The minimum atomic E-state index is 0.306. The molecule has 0 aliphatic carbocycles. The number of halogens is 2. The molecule has 8 heteroatoms. The Kier molecular flexibility index (Phi) is 18.8. The lowest BCUT2D eigenvalue weighted by molar-refractivity contribution is 0.276. The summed E-state index contributed by atoms with van der Waals surface area (Å²) < 4.78 is 39.0. The Labute approximate surface area is 379 Å². The lowest BCUT2D eigenvalue weighted by Crippen LogP contribution is -2.03. The predicted molar refractivity (Wildman–Crippen MR) is 253 cm³/mol. The first-order chi connectivity index (χ1) is 29.9. The van der Waals surface area contributed by atoms with Crippen molar-refractivity contribution in [1.29, 1.82) is 0 Å². The van der Waals surface area contributed by atoms with Crippen LogP contribution in [0.5, 0.6) is 34.5 Å². The SMILES string of the molecule is CCCCCCCCCCOc1cc(COc2cc(CBr)cc(OCc3cc(OCc4cccc(C)c4)cc(OCc4cccc(Br)c4)c3)c2)cc(OCc2ccccc2)c1. The van der Waals surface area contributed by atoms with E-state index in [0.717, 1.165) is 55.8 Å². The van der Waals surface area contributed by atoms with Crippen LogP contribution < -0.4 is 28.4 Å². The summed E-state index contributed by atoms with van der Waals surface area (Å²) in [5.41, 5.74) is 7.38. The zero-order valence-electron chi connectivity index (χ0n) is 35.5. The third kappa shape index (κ3) is 16.5. The lowest BCUT2D eigenvalue weighted by Gasteiger charge is -2.15. The van der Waals surface area contributed by atoms with Crippen molar-refractivity contribution in [2.75, 3.05) is 6.61 Å². The van der Waals surface area contributed by atoms with E-state index in [9.17, 15) is 0 Å². The highest BCUT2D eigenvalue weighted by Crippen LogP contribution is 2.31. The standard InChI is InChI=1S/C53H58Br2O6/c1-3-4-5-6-7-8-9-13-22-56-48-27-45(28-51(31-48)57-35-41-17-11-10-12-18-41)38-60-49-25-44(34-54)26-50(32-49)61-39-46-29-52(58-36-42-19-14-16-40(2)23-42)33-53(30-46)59-37-43-20-15-21-47(55)24-43/h10-12,14-21,23-33H,3-9,13,22,34-39H2,1-2H3. The van der Waals surface area contributed by atoms with Gasteiger partial charge in [-0.1, -0.05) is 156 Å². The maximum atomic E-state index is 6.45. The van der Waals surface area contributed by atoms with E-state index in [2.05, 4.69) is 88.2 Å². The molecule has 0 saturated carbocycles. The van der Waals surface area contributed by atoms with Crippen LogP contribution >= 0.6 is 31.9 Å². The van der Waals surface area contributed by atoms with E-state index in [4.69, 9.17) is 28.4 Å². The lowest BCUT2D eigenvalue weighted by atomic mass is 10.1. The highest BCUT2D eigenvalue weighted by atomic mass is 79.9. The second-order valence-electron chi connectivity index (χ2n) is 15.4. The molecule has 0 amide bonds. The van der Waals surface area contributed by atoms with Gasteiger partial charge in [0.05, 0.1) is 6.61 Å². The molecule has 6 nitrogen and oxygen atoms in total. The summed E-state index contributed by atoms with van der Waals surface area (Å²) in [6.07, 6.45) is 10.0. The van der Waals surface area contributed by atoms with Crippen LogP contribution in [0, 0.1) is 6.92 Å². The van der Waals surface area contributed by atoms with Crippen LogP contribution in [0.2, 0.25) is 0 Å². The minimum absolute atomic E-state index is 0.306. The summed E-state index contributed by atoms with van der Waals surface area (Å²) in [6.45, 7) is 6.99. The normalized spacial score (nSPS) is 11.0. The van der Waals surface area contributed by atoms with Crippen LogP contribution in [-0.4, -0.2) is 6.61 Å². The zero-order chi connectivity index (χ0) is 42.5. The maximum absolute atomic E-state index is 6.45. The first-order valence-electron chi connectivity index (χ1n) is 21.5. The second kappa shape index (κ2) is 25.1. The smallest absolute Gasteiger partial charge is 0.123 e. The molecule has 0 spiro atoms. The van der Waals surface area contributed by atoms with Gasteiger partial charge in [0.15, 0.2) is 0 Å². The minimum Gasteiger partial charge on any atom is -0.493 e. The van der Waals surface area contributed by atoms with Crippen LogP contribution in [-0.2, 0) is 38.4 Å². The highest BCUT2D eigenvalue weighted by Gasteiger charge is 2.11. The summed E-state index contributed by atoms with van der Waals surface area (Å²) in [6, 6.07) is 44.7. The molecule has 0 aliphatic heterocycles. The first-order valence-corrected chi connectivity index (χ1v) is 23.4. The number of benzene rings is 6. The Morgan fingerprint density at radius 3 is 1.31 bits per heavy atom. The van der Waals surface area contributed by atoms with E-state index >= 15 is 0 Å². The van der Waals surface area contributed by atoms with Gasteiger partial charge >= 0.3 is 0 Å². The number of hydrogen-bond donors (Lipinski definition) is 0. The molecule has 0 unspecified atom stereocenters. The number of ether oxygens (including phenoxy) is 6. The number of alkyl halides is 1. The van der Waals surface area contributed by atoms with Crippen molar-refractivity contribution >= 4 is 31.9 Å². The molecule has 0 bridgehead atoms. The average Bonchev–Trinajstić information content (AvgIpc) is 3.28. The van der Waals surface area contributed by atoms with Crippen molar-refractivity contribution in [2.24, 2.45) is 0 Å². The van der Waals surface area contributed by atoms with Crippen molar-refractivity contribution in [2.45, 2.75) is 104 Å². The molecule has 0 N–H and O–H groups in total. The van der Waals surface area contributed by atoms with Crippen LogP contribution in [0.3, 0.4) is 0 Å². The molecular weight excluding hydrogens is 892 g/mol. The summed E-state index contributed by atoms with van der Waals surface area (Å²) in [4.78, 5) is 0. The van der Waals surface area contributed by atoms with Gasteiger partial charge in [-0.25, -0.2) is 0 Å². The number of hydrogen-bond acceptors (Lipinski definition) is 6. The molecular formula is C53H58Br2O6. The second-order valence-corrected chi connectivity index (χ2v) is 16.9. The van der Waals surface area contributed by atoms with E-state index in [1.54, 1.807) is 0 Å². The van der Waals surface area contributed by atoms with Gasteiger partial charge in [0.1, 0.15) is 67.5 Å². The Morgan fingerprint density at radius 1 is 0.377 bits per heavy atom. The van der Waals surface area contributed by atoms with Crippen LogP contribution in [0.15, 0.2) is 138 Å². The molecule has 6 aromatic rings. The summed E-state index contributed by atoms with van der Waals surface area (Å²) in [5.74, 6) is 4.35. The van der Waals surface area contributed by atoms with Gasteiger partial charge in [0.2, 0.25) is 0 Å². The fourth-order valence-electron chi connectivity index (χ4n) is 6.90. The van der Waals surface area contributed by atoms with Crippen molar-refractivity contribution < 1.29 is 28.4 Å². The monoisotopic (exact) mass is 948 g/mol. The highest BCUT2D eigenvalue weighted by molar-refractivity contribution is 9.10. The molecule has 0 heterocycles. The van der Waals surface area contributed by atoms with E-state index in [-0.39, 0.29) is 0 Å². The average molecular weight is 951 g/mol. The third-order valence-corrected chi connectivity index (χ3v) is 11.2. The van der Waals surface area contributed by atoms with E-state index in [1.165, 1.54) is 50.5 Å². The molecule has 0 atom stereocenters. The topological polar surface area (TPSA) is 55.4 Å². The summed E-state index contributed by atoms with van der Waals surface area (Å²) in [5, 5.41) is 0.649. The van der Waals surface area contributed by atoms with Gasteiger partial charge in [-0.2, -0.15) is 0 Å². The molecule has 0 saturated heterocycles. The number of unbranched alkanes of at least 4 members (excludes halogenated alkanes) is 7. The molecule has 6 aromatic carbocycles. The molecule has 0 aromatic heterocycles. The largest absolute Gasteiger partial charge is 0.493 e. The van der Waals surface area contributed by atoms with Gasteiger partial charge in [-0.3, -0.25) is 0 Å². The quantitative estimate of drug-likeness (QED) is 0.0399. The van der Waals surface area contributed by atoms with Gasteiger partial charge in [0, 0.05) is 28.0 Å². The Morgan fingerprint density at radius 2 is 0.803 bits per heavy atom. The van der Waals surface area contributed by atoms with Gasteiger partial charge in [-0.15, -0.1) is 0 Å². The Hall–Kier alpha value is -4.92. The van der Waals surface area contributed by atoms with Crippen molar-refractivity contribution in [1.82, 2.24) is 0 Å². The molecule has 0 radical (unpaired) electrons. The van der Waals surface area contributed by atoms with Crippen LogP contribution in [0.25, 0.3) is 0 Å². The predicted octanol–water partition coefficient (Wildman–Crippen LogP) is 15.1. The van der Waals surface area contributed by atoms with E-state index < -0.39 is 0 Å². The van der Waals surface area contributed by atoms with Crippen molar-refractivity contribution in [3.05, 3.63) is 177 Å². The van der Waals surface area contributed by atoms with Crippen LogP contribution in [0.1, 0.15) is 97.2 Å².